The van der Waals surface area contributed by atoms with Gasteiger partial charge in [0, 0.05) is 49.6 Å². The Bertz CT molecular complexity index is 1870. The molecule has 2 aromatic carbocycles. The summed E-state index contributed by atoms with van der Waals surface area (Å²) >= 11 is 5.99. The molecule has 4 N–H and O–H groups in total. The number of nitrogens with two attached hydrogens (primary N) is 1. The molecule has 0 spiro atoms. The number of halogens is 5. The van der Waals surface area contributed by atoms with Crippen LogP contribution >= 0.6 is 11.6 Å². The largest absolute Gasteiger partial charge is 0.435 e. The molecule has 0 aliphatic heterocycles. The zero-order valence-corrected chi connectivity index (χ0v) is 27.4. The second kappa shape index (κ2) is 14.2. The van der Waals surface area contributed by atoms with Crippen molar-refractivity contribution in [1.29, 1.82) is 0 Å². The van der Waals surface area contributed by atoms with E-state index in [1.165, 1.54) is 0 Å². The van der Waals surface area contributed by atoms with Crippen molar-refractivity contribution >= 4 is 44.0 Å². The highest BCUT2D eigenvalue weighted by molar-refractivity contribution is 7.92. The number of alkyl halides is 2. The van der Waals surface area contributed by atoms with E-state index in [0.29, 0.717) is 29.6 Å². The number of nitrogens with one attached hydrogen (secondary N) is 2. The predicted molar refractivity (Wildman–Crippen MR) is 171 cm³/mol. The highest BCUT2D eigenvalue weighted by Crippen LogP contribution is 2.42. The summed E-state index contributed by atoms with van der Waals surface area (Å²) in [6.07, 6.45) is 5.36. The Morgan fingerprint density at radius 1 is 1.11 bits per heavy atom. The molecule has 0 radical (unpaired) electrons. The van der Waals surface area contributed by atoms with Crippen LogP contribution in [0.25, 0.3) is 22.2 Å². The SMILES string of the molecule is COCCN[C@H]1CC[C@H](c2cnc(N)c3c(-c4cc(F)c(NS(=O)(=O)c5cc(OC(F)F)ccc5Cl)cc4F)nn(C(C)C)c32)CC1. The number of hydrogen-bond acceptors (Lipinski definition) is 8. The molecule has 2 heterocycles. The minimum atomic E-state index is -4.67. The summed E-state index contributed by atoms with van der Waals surface area (Å²) in [5, 5.41) is 8.20. The van der Waals surface area contributed by atoms with Gasteiger partial charge in [-0.1, -0.05) is 11.6 Å². The Morgan fingerprint density at radius 3 is 2.49 bits per heavy atom. The van der Waals surface area contributed by atoms with Gasteiger partial charge in [0.15, 0.2) is 0 Å². The fourth-order valence-electron chi connectivity index (χ4n) is 5.93. The molecule has 47 heavy (non-hydrogen) atoms. The number of rotatable bonds is 12. The van der Waals surface area contributed by atoms with E-state index in [1.807, 2.05) is 18.6 Å². The van der Waals surface area contributed by atoms with Gasteiger partial charge in [-0.3, -0.25) is 9.40 Å². The van der Waals surface area contributed by atoms with Gasteiger partial charge in [0.2, 0.25) is 0 Å². The lowest BCUT2D eigenvalue weighted by molar-refractivity contribution is -0.0499. The molecule has 0 saturated heterocycles. The Balaban J connectivity index is 1.50. The summed E-state index contributed by atoms with van der Waals surface area (Å²) in [4.78, 5) is 3.75. The van der Waals surface area contributed by atoms with Gasteiger partial charge in [-0.25, -0.2) is 22.2 Å². The third-order valence-electron chi connectivity index (χ3n) is 8.15. The number of ether oxygens (including phenoxy) is 2. The molecular weight excluding hydrogens is 664 g/mol. The smallest absolute Gasteiger partial charge is 0.387 e. The van der Waals surface area contributed by atoms with Crippen molar-refractivity contribution in [1.82, 2.24) is 20.1 Å². The van der Waals surface area contributed by atoms with Gasteiger partial charge in [-0.05, 0) is 69.2 Å². The molecule has 1 fully saturated rings. The highest BCUT2D eigenvalue weighted by Gasteiger charge is 2.30. The fraction of sp³-hybridized carbons (Fsp3) is 0.419. The number of nitrogen functional groups attached to an aromatic ring is 1. The van der Waals surface area contributed by atoms with Gasteiger partial charge in [-0.2, -0.15) is 13.9 Å². The number of pyridine rings is 1. The van der Waals surface area contributed by atoms with Crippen LogP contribution in [0.5, 0.6) is 5.75 Å². The molecule has 254 valence electrons. The summed E-state index contributed by atoms with van der Waals surface area (Å²) in [5.41, 5.74) is 7.02. The van der Waals surface area contributed by atoms with E-state index in [1.54, 1.807) is 18.0 Å². The summed E-state index contributed by atoms with van der Waals surface area (Å²) in [7, 11) is -3.01. The summed E-state index contributed by atoms with van der Waals surface area (Å²) in [5.74, 6) is -2.38. The maximum atomic E-state index is 15.8. The normalized spacial score (nSPS) is 17.1. The number of aromatic nitrogens is 3. The van der Waals surface area contributed by atoms with Crippen molar-refractivity contribution in [2.24, 2.45) is 0 Å². The molecule has 1 aliphatic rings. The van der Waals surface area contributed by atoms with Crippen LogP contribution in [0.2, 0.25) is 5.02 Å². The molecule has 0 unspecified atom stereocenters. The lowest BCUT2D eigenvalue weighted by Crippen LogP contribution is -2.34. The molecule has 1 aliphatic carbocycles. The van der Waals surface area contributed by atoms with E-state index in [2.05, 4.69) is 20.1 Å². The Labute approximate surface area is 274 Å². The minimum absolute atomic E-state index is 0.0566. The zero-order chi connectivity index (χ0) is 34.0. The number of fused-ring (bicyclic) bond motifs is 1. The first-order chi connectivity index (χ1) is 22.3. The Morgan fingerprint density at radius 2 is 1.83 bits per heavy atom. The molecule has 1 saturated carbocycles. The number of nitrogens with zero attached hydrogens (tertiary/aromatic N) is 3. The first kappa shape index (κ1) is 34.7. The van der Waals surface area contributed by atoms with E-state index in [-0.39, 0.29) is 34.1 Å². The standard InChI is InChI=1S/C31H35ClF4N6O4S/c1-16(2)42-29-21(17-4-6-18(7-5-17)38-10-11-45-3)15-39-30(37)27(29)28(40-42)20-13-24(34)25(14-23(20)33)41-47(43,44)26-12-19(46-31(35)36)8-9-22(26)32/h8-9,12-18,31,38,41H,4-7,10-11H2,1-3H3,(H2,37,39)/t17-,18-. The third-order valence-corrected chi connectivity index (χ3v) is 10.00. The fourth-order valence-corrected chi connectivity index (χ4v) is 7.50. The number of sulfonamides is 1. The van der Waals surface area contributed by atoms with E-state index < -0.39 is 44.6 Å². The van der Waals surface area contributed by atoms with E-state index >= 15 is 8.78 Å². The molecular formula is C31H35ClF4N6O4S. The number of hydrogen-bond donors (Lipinski definition) is 3. The quantitative estimate of drug-likeness (QED) is 0.108. The lowest BCUT2D eigenvalue weighted by atomic mass is 9.81. The second-order valence-electron chi connectivity index (χ2n) is 11.6. The van der Waals surface area contributed by atoms with Gasteiger partial charge in [0.1, 0.15) is 33.8 Å². The number of benzene rings is 2. The molecule has 16 heteroatoms. The van der Waals surface area contributed by atoms with Gasteiger partial charge >= 0.3 is 6.61 Å². The van der Waals surface area contributed by atoms with Gasteiger partial charge in [0.05, 0.1) is 28.2 Å². The van der Waals surface area contributed by atoms with Gasteiger partial charge in [-0.15, -0.1) is 0 Å². The van der Waals surface area contributed by atoms with Crippen molar-refractivity contribution in [3.05, 3.63) is 58.7 Å². The molecule has 2 aromatic heterocycles. The van der Waals surface area contributed by atoms with Crippen LogP contribution in [-0.2, 0) is 14.8 Å². The van der Waals surface area contributed by atoms with Gasteiger partial charge in [0.25, 0.3) is 10.0 Å². The Kier molecular flexibility index (Phi) is 10.5. The molecule has 5 rings (SSSR count). The summed E-state index contributed by atoms with van der Waals surface area (Å²) in [6.45, 7) is 1.99. The van der Waals surface area contributed by atoms with Crippen LogP contribution in [0.3, 0.4) is 0 Å². The van der Waals surface area contributed by atoms with Crippen molar-refractivity contribution in [2.75, 3.05) is 30.7 Å². The lowest BCUT2D eigenvalue weighted by Gasteiger charge is -2.30. The third kappa shape index (κ3) is 7.42. The molecule has 0 amide bonds. The maximum Gasteiger partial charge on any atom is 0.387 e. The van der Waals surface area contributed by atoms with Crippen LogP contribution in [0.15, 0.2) is 41.4 Å². The number of methoxy groups -OCH3 is 1. The Hall–Kier alpha value is -3.66. The van der Waals surface area contributed by atoms with Crippen LogP contribution in [0, 0.1) is 11.6 Å². The minimum Gasteiger partial charge on any atom is -0.435 e. The van der Waals surface area contributed by atoms with Crippen LogP contribution in [0.1, 0.15) is 57.1 Å². The van der Waals surface area contributed by atoms with E-state index in [9.17, 15) is 17.2 Å². The summed E-state index contributed by atoms with van der Waals surface area (Å²) < 4.78 is 95.9. The van der Waals surface area contributed by atoms with E-state index in [0.717, 1.165) is 62.1 Å². The second-order valence-corrected chi connectivity index (χ2v) is 13.7. The van der Waals surface area contributed by atoms with Gasteiger partial charge < -0.3 is 20.5 Å². The monoisotopic (exact) mass is 698 g/mol. The molecule has 0 bridgehead atoms. The van der Waals surface area contributed by atoms with Crippen LogP contribution < -0.4 is 20.5 Å². The first-order valence-corrected chi connectivity index (χ1v) is 16.8. The van der Waals surface area contributed by atoms with Crippen molar-refractivity contribution in [2.45, 2.75) is 69.0 Å². The molecule has 0 atom stereocenters. The maximum absolute atomic E-state index is 15.8. The summed E-state index contributed by atoms with van der Waals surface area (Å²) in [6, 6.07) is 4.50. The zero-order valence-electron chi connectivity index (χ0n) is 25.9. The van der Waals surface area contributed by atoms with E-state index in [4.69, 9.17) is 22.1 Å². The van der Waals surface area contributed by atoms with Crippen molar-refractivity contribution in [3.8, 4) is 17.0 Å². The average Bonchev–Trinajstić information content (AvgIpc) is 3.42. The topological polar surface area (TPSA) is 133 Å². The highest BCUT2D eigenvalue weighted by atomic mass is 35.5. The molecule has 4 aromatic rings. The van der Waals surface area contributed by atoms with Crippen LogP contribution in [-0.4, -0.2) is 56.1 Å². The first-order valence-electron chi connectivity index (χ1n) is 15.0. The van der Waals surface area contributed by atoms with Crippen molar-refractivity contribution < 1.29 is 35.5 Å². The predicted octanol–water partition coefficient (Wildman–Crippen LogP) is 6.86. The number of anilines is 2. The van der Waals surface area contributed by atoms with Crippen molar-refractivity contribution in [3.63, 3.8) is 0 Å². The average molecular weight is 699 g/mol. The molecule has 10 nitrogen and oxygen atoms in total. The van der Waals surface area contributed by atoms with Crippen LogP contribution in [0.4, 0.5) is 29.1 Å².